The minimum atomic E-state index is -4.69. The summed E-state index contributed by atoms with van der Waals surface area (Å²) in [6.07, 6.45) is -0.153. The van der Waals surface area contributed by atoms with Gasteiger partial charge in [0.15, 0.2) is 0 Å². The Kier molecular flexibility index (Phi) is 6.03. The molecule has 1 atom stereocenters. The molecular weight excluding hydrogens is 413 g/mol. The first-order chi connectivity index (χ1) is 14.7. The number of benzene rings is 1. The number of likely N-dealkylation sites (tertiary alicyclic amines) is 1. The Morgan fingerprint density at radius 3 is 2.68 bits per heavy atom. The first kappa shape index (κ1) is 21.8. The second-order valence-electron chi connectivity index (χ2n) is 8.91. The molecule has 1 saturated carbocycles. The molecule has 9 heteroatoms. The summed E-state index contributed by atoms with van der Waals surface area (Å²) in [5, 5.41) is 2.65. The summed E-state index contributed by atoms with van der Waals surface area (Å²) in [7, 11) is 0. The third kappa shape index (κ3) is 5.25. The molecule has 0 radical (unpaired) electrons. The molecule has 1 N–H and O–H groups in total. The fourth-order valence-electron chi connectivity index (χ4n) is 5.12. The molecule has 0 aromatic heterocycles. The largest absolute Gasteiger partial charge is 0.573 e. The highest BCUT2D eigenvalue weighted by molar-refractivity contribution is 5.80. The molecule has 2 amide bonds. The summed E-state index contributed by atoms with van der Waals surface area (Å²) in [5.41, 5.74) is 1.03. The molecule has 31 heavy (non-hydrogen) atoms. The van der Waals surface area contributed by atoms with Gasteiger partial charge in [-0.3, -0.25) is 4.79 Å². The van der Waals surface area contributed by atoms with Gasteiger partial charge in [0.25, 0.3) is 0 Å². The fourth-order valence-corrected chi connectivity index (χ4v) is 5.12. The first-order valence-electron chi connectivity index (χ1n) is 10.8. The van der Waals surface area contributed by atoms with Crippen molar-refractivity contribution >= 4 is 12.0 Å². The number of carbonyl (C=O) groups is 2. The summed E-state index contributed by atoms with van der Waals surface area (Å²) in [4.78, 5) is 26.2. The lowest BCUT2D eigenvalue weighted by Gasteiger charge is -2.53. The van der Waals surface area contributed by atoms with Crippen LogP contribution in [-0.2, 0) is 9.53 Å². The number of alkyl carbamates (subject to hydrolysis) is 1. The van der Waals surface area contributed by atoms with Gasteiger partial charge in [0.1, 0.15) is 5.75 Å². The molecule has 3 fully saturated rings. The summed E-state index contributed by atoms with van der Waals surface area (Å²) in [5.74, 6) is -0.0831. The molecule has 0 unspecified atom stereocenters. The lowest BCUT2D eigenvalue weighted by atomic mass is 9.56. The van der Waals surface area contributed by atoms with Crippen LogP contribution in [0.25, 0.3) is 0 Å². The van der Waals surface area contributed by atoms with Gasteiger partial charge < -0.3 is 19.7 Å². The number of nitrogens with zero attached hydrogens (tertiary/aromatic N) is 1. The van der Waals surface area contributed by atoms with Crippen molar-refractivity contribution in [1.29, 1.82) is 0 Å². The molecule has 2 heterocycles. The SMILES string of the molecule is O=C1NC[C@H](C(=O)N2CCC3(CC2)CC(c2cccc(OC(F)(F)F)c2)C3)CCCO1. The van der Waals surface area contributed by atoms with E-state index >= 15 is 0 Å². The highest BCUT2D eigenvalue weighted by Crippen LogP contribution is 2.57. The van der Waals surface area contributed by atoms with Crippen molar-refractivity contribution < 1.29 is 32.2 Å². The van der Waals surface area contributed by atoms with E-state index in [9.17, 15) is 22.8 Å². The van der Waals surface area contributed by atoms with Gasteiger partial charge in [-0.25, -0.2) is 4.79 Å². The lowest BCUT2D eigenvalue weighted by molar-refractivity contribution is -0.274. The van der Waals surface area contributed by atoms with E-state index in [0.717, 1.165) is 31.2 Å². The van der Waals surface area contributed by atoms with Crippen LogP contribution in [0.4, 0.5) is 18.0 Å². The standard InChI is InChI=1S/C22H27F3N2O4/c23-22(24,25)31-18-5-1-3-15(11-18)17-12-21(13-17)6-8-27(9-7-21)19(28)16-4-2-10-30-20(29)26-14-16/h1,3,5,11,16-17H,2,4,6-10,12-14H2,(H,26,29)/t16-/m1/s1. The summed E-state index contributed by atoms with van der Waals surface area (Å²) in [6.45, 7) is 2.00. The predicted octanol–water partition coefficient (Wildman–Crippen LogP) is 4.21. The molecule has 0 bridgehead atoms. The minimum absolute atomic E-state index is 0.0879. The van der Waals surface area contributed by atoms with Gasteiger partial charge in [0.2, 0.25) is 5.91 Å². The van der Waals surface area contributed by atoms with Gasteiger partial charge in [-0.1, -0.05) is 12.1 Å². The molecule has 1 spiro atoms. The zero-order valence-electron chi connectivity index (χ0n) is 17.2. The van der Waals surface area contributed by atoms with Crippen LogP contribution in [-0.4, -0.2) is 49.5 Å². The van der Waals surface area contributed by atoms with Crippen LogP contribution in [0.15, 0.2) is 24.3 Å². The van der Waals surface area contributed by atoms with Crippen LogP contribution in [0.3, 0.4) is 0 Å². The number of rotatable bonds is 3. The van der Waals surface area contributed by atoms with Crippen molar-refractivity contribution in [3.63, 3.8) is 0 Å². The number of carbonyl (C=O) groups excluding carboxylic acids is 2. The number of hydrogen-bond donors (Lipinski definition) is 1. The summed E-state index contributed by atoms with van der Waals surface area (Å²) < 4.78 is 46.4. The number of piperidine rings is 1. The van der Waals surface area contributed by atoms with Crippen molar-refractivity contribution in [1.82, 2.24) is 10.2 Å². The first-order valence-corrected chi connectivity index (χ1v) is 10.8. The highest BCUT2D eigenvalue weighted by Gasteiger charge is 2.47. The van der Waals surface area contributed by atoms with E-state index in [2.05, 4.69) is 10.1 Å². The molecule has 2 saturated heterocycles. The number of cyclic esters (lactones) is 1. The van der Waals surface area contributed by atoms with Gasteiger partial charge in [0.05, 0.1) is 12.5 Å². The van der Waals surface area contributed by atoms with Gasteiger partial charge >= 0.3 is 12.5 Å². The summed E-state index contributed by atoms with van der Waals surface area (Å²) >= 11 is 0. The van der Waals surface area contributed by atoms with Crippen molar-refractivity contribution in [3.8, 4) is 5.75 Å². The molecule has 3 aliphatic rings. The quantitative estimate of drug-likeness (QED) is 0.765. The lowest BCUT2D eigenvalue weighted by Crippen LogP contribution is -2.50. The van der Waals surface area contributed by atoms with Crippen LogP contribution in [0.5, 0.6) is 5.75 Å². The Morgan fingerprint density at radius 1 is 1.23 bits per heavy atom. The number of nitrogens with one attached hydrogen (secondary N) is 1. The van der Waals surface area contributed by atoms with Crippen LogP contribution >= 0.6 is 0 Å². The second-order valence-corrected chi connectivity index (χ2v) is 8.91. The van der Waals surface area contributed by atoms with Crippen molar-refractivity contribution in [2.45, 2.75) is 50.8 Å². The zero-order valence-corrected chi connectivity index (χ0v) is 17.2. The maximum absolute atomic E-state index is 12.9. The summed E-state index contributed by atoms with van der Waals surface area (Å²) in [6, 6.07) is 6.25. The van der Waals surface area contributed by atoms with Crippen molar-refractivity contribution in [2.75, 3.05) is 26.2 Å². The van der Waals surface area contributed by atoms with Crippen LogP contribution in [0.1, 0.15) is 50.0 Å². The Balaban J connectivity index is 1.28. The molecule has 1 aromatic rings. The van der Waals surface area contributed by atoms with E-state index in [-0.39, 0.29) is 28.9 Å². The number of alkyl halides is 3. The predicted molar refractivity (Wildman–Crippen MR) is 105 cm³/mol. The number of ether oxygens (including phenoxy) is 2. The van der Waals surface area contributed by atoms with Crippen molar-refractivity contribution in [3.05, 3.63) is 29.8 Å². The Bertz CT molecular complexity index is 813. The average molecular weight is 440 g/mol. The second kappa shape index (κ2) is 8.59. The smallest absolute Gasteiger partial charge is 0.450 e. The topological polar surface area (TPSA) is 67.9 Å². The number of halogens is 3. The van der Waals surface area contributed by atoms with Crippen molar-refractivity contribution in [2.24, 2.45) is 11.3 Å². The Hall–Kier alpha value is -2.45. The third-order valence-corrected chi connectivity index (χ3v) is 6.83. The third-order valence-electron chi connectivity index (χ3n) is 6.83. The van der Waals surface area contributed by atoms with Gasteiger partial charge in [0, 0.05) is 19.6 Å². The maximum Gasteiger partial charge on any atom is 0.573 e. The normalized spacial score (nSPS) is 24.4. The maximum atomic E-state index is 12.9. The highest BCUT2D eigenvalue weighted by atomic mass is 19.4. The van der Waals surface area contributed by atoms with Crippen LogP contribution < -0.4 is 10.1 Å². The Labute approximate surface area is 179 Å². The van der Waals surface area contributed by atoms with Gasteiger partial charge in [-0.2, -0.15) is 0 Å². The monoisotopic (exact) mass is 440 g/mol. The number of hydrogen-bond acceptors (Lipinski definition) is 4. The molecule has 1 aromatic carbocycles. The molecule has 2 aliphatic heterocycles. The fraction of sp³-hybridized carbons (Fsp3) is 0.636. The number of amides is 2. The van der Waals surface area contributed by atoms with Crippen LogP contribution in [0, 0.1) is 11.3 Å². The van der Waals surface area contributed by atoms with Crippen LogP contribution in [0.2, 0.25) is 0 Å². The van der Waals surface area contributed by atoms with E-state index in [1.807, 2.05) is 11.0 Å². The van der Waals surface area contributed by atoms with E-state index in [1.54, 1.807) is 6.07 Å². The molecule has 170 valence electrons. The average Bonchev–Trinajstić information content (AvgIpc) is 2.68. The van der Waals surface area contributed by atoms with E-state index in [1.165, 1.54) is 12.1 Å². The van der Waals surface area contributed by atoms with Gasteiger partial charge in [-0.15, -0.1) is 13.2 Å². The zero-order chi connectivity index (χ0) is 22.1. The van der Waals surface area contributed by atoms with E-state index in [0.29, 0.717) is 39.1 Å². The molecule has 1 aliphatic carbocycles. The molecular formula is C22H27F3N2O4. The van der Waals surface area contributed by atoms with E-state index < -0.39 is 12.5 Å². The van der Waals surface area contributed by atoms with Gasteiger partial charge in [-0.05, 0) is 67.6 Å². The molecule has 4 rings (SSSR count). The Morgan fingerprint density at radius 2 is 1.97 bits per heavy atom. The minimum Gasteiger partial charge on any atom is -0.450 e. The van der Waals surface area contributed by atoms with E-state index in [4.69, 9.17) is 4.74 Å². The molecule has 6 nitrogen and oxygen atoms in total.